The van der Waals surface area contributed by atoms with Gasteiger partial charge in [-0.15, -0.1) is 11.3 Å². The molecule has 0 unspecified atom stereocenters. The molecule has 0 aliphatic carbocycles. The highest BCUT2D eigenvalue weighted by Crippen LogP contribution is 2.29. The van der Waals surface area contributed by atoms with Crippen LogP contribution in [-0.2, 0) is 6.42 Å². The Kier molecular flexibility index (Phi) is 5.31. The molecule has 0 spiro atoms. The maximum atomic E-state index is 12.5. The Morgan fingerprint density at radius 1 is 0.929 bits per heavy atom. The number of anilines is 1. The summed E-state index contributed by atoms with van der Waals surface area (Å²) in [6.45, 7) is 2.10. The minimum Gasteiger partial charge on any atom is -0.322 e. The van der Waals surface area contributed by atoms with E-state index in [1.807, 2.05) is 72.1 Å². The van der Waals surface area contributed by atoms with E-state index in [1.165, 1.54) is 5.56 Å². The molecule has 28 heavy (non-hydrogen) atoms. The van der Waals surface area contributed by atoms with E-state index >= 15 is 0 Å². The molecule has 0 saturated carbocycles. The molecule has 0 saturated heterocycles. The van der Waals surface area contributed by atoms with Gasteiger partial charge in [0.25, 0.3) is 5.91 Å². The molecule has 0 atom stereocenters. The van der Waals surface area contributed by atoms with Crippen LogP contribution in [0.25, 0.3) is 21.8 Å². The number of benzene rings is 3. The SMILES string of the molecule is CCc1ccc(C(=O)Nc2cccc(-c3csc(-c4ccccc4)n3)c2)cc1. The quantitative estimate of drug-likeness (QED) is 0.439. The molecule has 3 nitrogen and oxygen atoms in total. The summed E-state index contributed by atoms with van der Waals surface area (Å²) in [7, 11) is 0. The molecule has 138 valence electrons. The van der Waals surface area contributed by atoms with Crippen molar-refractivity contribution in [3.8, 4) is 21.8 Å². The largest absolute Gasteiger partial charge is 0.322 e. The van der Waals surface area contributed by atoms with Crippen molar-refractivity contribution in [3.63, 3.8) is 0 Å². The summed E-state index contributed by atoms with van der Waals surface area (Å²) in [5.41, 5.74) is 5.64. The number of carbonyl (C=O) groups is 1. The van der Waals surface area contributed by atoms with Gasteiger partial charge in [-0.05, 0) is 36.2 Å². The number of hydrogen-bond acceptors (Lipinski definition) is 3. The second-order valence-electron chi connectivity index (χ2n) is 6.49. The third kappa shape index (κ3) is 4.02. The second-order valence-corrected chi connectivity index (χ2v) is 7.35. The molecular weight excluding hydrogens is 364 g/mol. The first kappa shape index (κ1) is 18.1. The standard InChI is InChI=1S/C24H20N2OS/c1-2-17-11-13-18(14-12-17)23(27)25-21-10-6-9-20(15-21)22-16-28-24(26-22)19-7-4-3-5-8-19/h3-16H,2H2,1H3,(H,25,27). The molecule has 4 rings (SSSR count). The van der Waals surface area contributed by atoms with Crippen LogP contribution in [-0.4, -0.2) is 10.9 Å². The number of hydrogen-bond donors (Lipinski definition) is 1. The topological polar surface area (TPSA) is 42.0 Å². The van der Waals surface area contributed by atoms with Crippen LogP contribution < -0.4 is 5.32 Å². The fourth-order valence-corrected chi connectivity index (χ4v) is 3.81. The van der Waals surface area contributed by atoms with E-state index in [0.717, 1.165) is 33.9 Å². The lowest BCUT2D eigenvalue weighted by Crippen LogP contribution is -2.11. The van der Waals surface area contributed by atoms with Crippen LogP contribution in [0.2, 0.25) is 0 Å². The van der Waals surface area contributed by atoms with E-state index in [0.29, 0.717) is 5.56 Å². The molecule has 3 aromatic carbocycles. The zero-order valence-electron chi connectivity index (χ0n) is 15.6. The summed E-state index contributed by atoms with van der Waals surface area (Å²) < 4.78 is 0. The van der Waals surface area contributed by atoms with Gasteiger partial charge in [-0.1, -0.05) is 61.5 Å². The van der Waals surface area contributed by atoms with Crippen molar-refractivity contribution in [2.75, 3.05) is 5.32 Å². The average Bonchev–Trinajstić information content (AvgIpc) is 3.25. The first-order valence-corrected chi connectivity index (χ1v) is 10.1. The van der Waals surface area contributed by atoms with Crippen molar-refractivity contribution < 1.29 is 4.79 Å². The zero-order chi connectivity index (χ0) is 19.3. The van der Waals surface area contributed by atoms with Crippen molar-refractivity contribution >= 4 is 22.9 Å². The van der Waals surface area contributed by atoms with E-state index in [-0.39, 0.29) is 5.91 Å². The van der Waals surface area contributed by atoms with Crippen molar-refractivity contribution in [3.05, 3.63) is 95.4 Å². The summed E-state index contributed by atoms with van der Waals surface area (Å²) in [5, 5.41) is 6.02. The van der Waals surface area contributed by atoms with Crippen LogP contribution in [0.15, 0.2) is 84.2 Å². The van der Waals surface area contributed by atoms with Gasteiger partial charge in [0.15, 0.2) is 0 Å². The molecular formula is C24H20N2OS. The average molecular weight is 385 g/mol. The number of rotatable bonds is 5. The predicted octanol–water partition coefficient (Wildman–Crippen LogP) is 6.29. The summed E-state index contributed by atoms with van der Waals surface area (Å²) >= 11 is 1.62. The van der Waals surface area contributed by atoms with Crippen LogP contribution >= 0.6 is 11.3 Å². The molecule has 4 heteroatoms. The minimum atomic E-state index is -0.108. The van der Waals surface area contributed by atoms with Crippen LogP contribution in [0, 0.1) is 0 Å². The molecule has 0 radical (unpaired) electrons. The Hall–Kier alpha value is -3.24. The van der Waals surface area contributed by atoms with Crippen molar-refractivity contribution in [2.45, 2.75) is 13.3 Å². The maximum absolute atomic E-state index is 12.5. The second kappa shape index (κ2) is 8.19. The van der Waals surface area contributed by atoms with Crippen LogP contribution in [0.3, 0.4) is 0 Å². The number of aryl methyl sites for hydroxylation is 1. The monoisotopic (exact) mass is 384 g/mol. The van der Waals surface area contributed by atoms with Gasteiger partial charge in [-0.2, -0.15) is 0 Å². The number of carbonyl (C=O) groups excluding carboxylic acids is 1. The molecule has 0 aliphatic heterocycles. The molecule has 0 fully saturated rings. The lowest BCUT2D eigenvalue weighted by atomic mass is 10.1. The molecule has 0 bridgehead atoms. The van der Waals surface area contributed by atoms with E-state index in [1.54, 1.807) is 11.3 Å². The van der Waals surface area contributed by atoms with Gasteiger partial charge in [0.05, 0.1) is 5.69 Å². The first-order valence-electron chi connectivity index (χ1n) is 9.24. The van der Waals surface area contributed by atoms with Crippen LogP contribution in [0.1, 0.15) is 22.8 Å². The number of nitrogens with one attached hydrogen (secondary N) is 1. The minimum absolute atomic E-state index is 0.108. The molecule has 0 aliphatic rings. The summed E-state index contributed by atoms with van der Waals surface area (Å²) in [4.78, 5) is 17.3. The van der Waals surface area contributed by atoms with Gasteiger partial charge in [-0.25, -0.2) is 4.98 Å². The lowest BCUT2D eigenvalue weighted by molar-refractivity contribution is 0.102. The van der Waals surface area contributed by atoms with E-state index in [9.17, 15) is 4.79 Å². The van der Waals surface area contributed by atoms with Gasteiger partial charge < -0.3 is 5.32 Å². The normalized spacial score (nSPS) is 10.6. The van der Waals surface area contributed by atoms with Crippen molar-refractivity contribution in [1.29, 1.82) is 0 Å². The van der Waals surface area contributed by atoms with Crippen LogP contribution in [0.5, 0.6) is 0 Å². The Morgan fingerprint density at radius 3 is 2.43 bits per heavy atom. The third-order valence-electron chi connectivity index (χ3n) is 4.57. The summed E-state index contributed by atoms with van der Waals surface area (Å²) in [6, 6.07) is 25.7. The summed E-state index contributed by atoms with van der Waals surface area (Å²) in [6.07, 6.45) is 0.961. The Balaban J connectivity index is 1.53. The Morgan fingerprint density at radius 2 is 1.68 bits per heavy atom. The molecule has 1 aromatic heterocycles. The summed E-state index contributed by atoms with van der Waals surface area (Å²) in [5.74, 6) is -0.108. The fourth-order valence-electron chi connectivity index (χ4n) is 2.97. The fraction of sp³-hybridized carbons (Fsp3) is 0.0833. The van der Waals surface area contributed by atoms with Crippen molar-refractivity contribution in [1.82, 2.24) is 4.98 Å². The van der Waals surface area contributed by atoms with Crippen molar-refractivity contribution in [2.24, 2.45) is 0 Å². The Bertz CT molecular complexity index is 1090. The number of amides is 1. The van der Waals surface area contributed by atoms with Gasteiger partial charge >= 0.3 is 0 Å². The van der Waals surface area contributed by atoms with E-state index in [4.69, 9.17) is 4.98 Å². The maximum Gasteiger partial charge on any atom is 0.255 e. The molecule has 1 heterocycles. The van der Waals surface area contributed by atoms with Gasteiger partial charge in [-0.3, -0.25) is 4.79 Å². The van der Waals surface area contributed by atoms with Gasteiger partial charge in [0.1, 0.15) is 5.01 Å². The smallest absolute Gasteiger partial charge is 0.255 e. The zero-order valence-corrected chi connectivity index (χ0v) is 16.4. The molecule has 1 amide bonds. The lowest BCUT2D eigenvalue weighted by Gasteiger charge is -2.07. The van der Waals surface area contributed by atoms with E-state index < -0.39 is 0 Å². The molecule has 4 aromatic rings. The third-order valence-corrected chi connectivity index (χ3v) is 5.46. The van der Waals surface area contributed by atoms with E-state index in [2.05, 4.69) is 24.4 Å². The predicted molar refractivity (Wildman–Crippen MR) is 117 cm³/mol. The number of nitrogens with zero attached hydrogens (tertiary/aromatic N) is 1. The highest BCUT2D eigenvalue weighted by molar-refractivity contribution is 7.13. The number of thiazole rings is 1. The highest BCUT2D eigenvalue weighted by atomic mass is 32.1. The van der Waals surface area contributed by atoms with Gasteiger partial charge in [0, 0.05) is 27.8 Å². The molecule has 1 N–H and O–H groups in total. The Labute approximate surface area is 168 Å². The number of aromatic nitrogens is 1. The van der Waals surface area contributed by atoms with Crippen LogP contribution in [0.4, 0.5) is 5.69 Å². The first-order chi connectivity index (χ1) is 13.7. The highest BCUT2D eigenvalue weighted by Gasteiger charge is 2.09. The van der Waals surface area contributed by atoms with Gasteiger partial charge in [0.2, 0.25) is 0 Å².